The molecule has 1 aromatic rings. The average molecular weight is 335 g/mol. The first-order valence-electron chi connectivity index (χ1n) is 8.32. The molecule has 0 aromatic heterocycles. The third kappa shape index (κ3) is 6.45. The normalized spacial score (nSPS) is 14.7. The van der Waals surface area contributed by atoms with Gasteiger partial charge in [0.15, 0.2) is 6.61 Å². The molecule has 0 atom stereocenters. The molecule has 1 aliphatic heterocycles. The molecule has 0 unspecified atom stereocenters. The van der Waals surface area contributed by atoms with Crippen LogP contribution in [0.1, 0.15) is 26.2 Å². The van der Waals surface area contributed by atoms with E-state index in [1.165, 1.54) is 0 Å². The van der Waals surface area contributed by atoms with Crippen molar-refractivity contribution in [1.29, 1.82) is 0 Å². The molecule has 7 heteroatoms. The van der Waals surface area contributed by atoms with Crippen molar-refractivity contribution < 1.29 is 19.1 Å². The van der Waals surface area contributed by atoms with Gasteiger partial charge in [-0.3, -0.25) is 4.79 Å². The molecule has 0 aliphatic carbocycles. The van der Waals surface area contributed by atoms with Crippen LogP contribution in [0.2, 0.25) is 0 Å². The van der Waals surface area contributed by atoms with Crippen molar-refractivity contribution in [3.05, 3.63) is 24.3 Å². The number of carbonyl (C=O) groups is 2. The maximum Gasteiger partial charge on any atom is 0.319 e. The van der Waals surface area contributed by atoms with Gasteiger partial charge >= 0.3 is 6.03 Å². The van der Waals surface area contributed by atoms with E-state index in [4.69, 9.17) is 9.47 Å². The minimum absolute atomic E-state index is 0.0527. The van der Waals surface area contributed by atoms with Crippen LogP contribution < -0.4 is 20.7 Å². The van der Waals surface area contributed by atoms with Crippen LogP contribution in [-0.2, 0) is 9.53 Å². The second-order valence-electron chi connectivity index (χ2n) is 5.65. The lowest BCUT2D eigenvalue weighted by Gasteiger charge is -2.23. The maximum atomic E-state index is 11.9. The molecule has 132 valence electrons. The summed E-state index contributed by atoms with van der Waals surface area (Å²) in [6.45, 7) is 3.91. The highest BCUT2D eigenvalue weighted by Crippen LogP contribution is 2.17. The van der Waals surface area contributed by atoms with Crippen LogP contribution in [0.15, 0.2) is 24.3 Å². The minimum Gasteiger partial charge on any atom is -0.484 e. The standard InChI is InChI=1S/C17H25N3O4/c1-2-8-18-17(22)20-14-4-3-5-15(11-14)24-12-16(21)19-13-6-9-23-10-7-13/h3-5,11,13H,2,6-10,12H2,1H3,(H,19,21)(H2,18,20,22). The Morgan fingerprint density at radius 2 is 2.08 bits per heavy atom. The lowest BCUT2D eigenvalue weighted by Crippen LogP contribution is -2.41. The molecule has 2 rings (SSSR count). The first-order valence-corrected chi connectivity index (χ1v) is 8.32. The summed E-state index contributed by atoms with van der Waals surface area (Å²) >= 11 is 0. The highest BCUT2D eigenvalue weighted by atomic mass is 16.5. The van der Waals surface area contributed by atoms with Gasteiger partial charge in [0.2, 0.25) is 0 Å². The summed E-state index contributed by atoms with van der Waals surface area (Å²) in [4.78, 5) is 23.5. The fraction of sp³-hybridized carbons (Fsp3) is 0.529. The zero-order chi connectivity index (χ0) is 17.2. The lowest BCUT2D eigenvalue weighted by molar-refractivity contribution is -0.124. The van der Waals surface area contributed by atoms with Gasteiger partial charge in [0.05, 0.1) is 0 Å². The van der Waals surface area contributed by atoms with Gasteiger partial charge in [-0.25, -0.2) is 4.79 Å². The Kier molecular flexibility index (Phi) is 7.35. The maximum absolute atomic E-state index is 11.9. The SMILES string of the molecule is CCCNC(=O)Nc1cccc(OCC(=O)NC2CCOCC2)c1. The predicted octanol–water partition coefficient (Wildman–Crippen LogP) is 1.89. The summed E-state index contributed by atoms with van der Waals surface area (Å²) in [5.41, 5.74) is 0.617. The fourth-order valence-electron chi connectivity index (χ4n) is 2.34. The van der Waals surface area contributed by atoms with Crippen molar-refractivity contribution >= 4 is 17.6 Å². The monoisotopic (exact) mass is 335 g/mol. The van der Waals surface area contributed by atoms with Crippen molar-refractivity contribution in [3.63, 3.8) is 0 Å². The van der Waals surface area contributed by atoms with Gasteiger partial charge in [-0.15, -0.1) is 0 Å². The molecule has 0 bridgehead atoms. The van der Waals surface area contributed by atoms with Gasteiger partial charge in [-0.05, 0) is 31.4 Å². The number of rotatable bonds is 7. The van der Waals surface area contributed by atoms with Crippen molar-refractivity contribution in [3.8, 4) is 5.75 Å². The smallest absolute Gasteiger partial charge is 0.319 e. The Hall–Kier alpha value is -2.28. The molecule has 24 heavy (non-hydrogen) atoms. The van der Waals surface area contributed by atoms with E-state index in [0.717, 1.165) is 19.3 Å². The van der Waals surface area contributed by atoms with E-state index in [9.17, 15) is 9.59 Å². The van der Waals surface area contributed by atoms with E-state index in [1.54, 1.807) is 24.3 Å². The van der Waals surface area contributed by atoms with Crippen LogP contribution in [-0.4, -0.2) is 44.3 Å². The molecule has 7 nitrogen and oxygen atoms in total. The number of urea groups is 1. The molecule has 0 radical (unpaired) electrons. The fourth-order valence-corrected chi connectivity index (χ4v) is 2.34. The van der Waals surface area contributed by atoms with Crippen molar-refractivity contribution in [2.45, 2.75) is 32.2 Å². The molecule has 1 aliphatic rings. The Morgan fingerprint density at radius 1 is 1.29 bits per heavy atom. The molecule has 3 N–H and O–H groups in total. The first-order chi connectivity index (χ1) is 11.7. The van der Waals surface area contributed by atoms with Crippen LogP contribution in [0.25, 0.3) is 0 Å². The molecule has 1 fully saturated rings. The zero-order valence-corrected chi connectivity index (χ0v) is 14.0. The van der Waals surface area contributed by atoms with Gasteiger partial charge in [0.25, 0.3) is 5.91 Å². The highest BCUT2D eigenvalue weighted by molar-refractivity contribution is 5.89. The molecule has 1 aromatic carbocycles. The molecule has 0 spiro atoms. The number of carbonyl (C=O) groups excluding carboxylic acids is 2. The van der Waals surface area contributed by atoms with Gasteiger partial charge in [0, 0.05) is 37.6 Å². The van der Waals surface area contributed by atoms with Crippen LogP contribution >= 0.6 is 0 Å². The third-order valence-electron chi connectivity index (χ3n) is 3.58. The topological polar surface area (TPSA) is 88.7 Å². The van der Waals surface area contributed by atoms with Crippen molar-refractivity contribution in [2.75, 3.05) is 31.7 Å². The van der Waals surface area contributed by atoms with Crippen LogP contribution in [0.5, 0.6) is 5.75 Å². The van der Waals surface area contributed by atoms with E-state index < -0.39 is 0 Å². The van der Waals surface area contributed by atoms with Crippen molar-refractivity contribution in [2.24, 2.45) is 0 Å². The van der Waals surface area contributed by atoms with Crippen LogP contribution in [0.3, 0.4) is 0 Å². The number of ether oxygens (including phenoxy) is 2. The molecule has 0 saturated carbocycles. The Bertz CT molecular complexity index is 544. The van der Waals surface area contributed by atoms with E-state index in [0.29, 0.717) is 31.2 Å². The first kappa shape index (κ1) is 18.1. The largest absolute Gasteiger partial charge is 0.484 e. The molecule has 3 amide bonds. The highest BCUT2D eigenvalue weighted by Gasteiger charge is 2.16. The Morgan fingerprint density at radius 3 is 2.83 bits per heavy atom. The molecule has 1 saturated heterocycles. The van der Waals surface area contributed by atoms with Crippen LogP contribution in [0, 0.1) is 0 Å². The number of benzene rings is 1. The van der Waals surface area contributed by atoms with E-state index >= 15 is 0 Å². The average Bonchev–Trinajstić information content (AvgIpc) is 2.59. The van der Waals surface area contributed by atoms with Gasteiger partial charge in [-0.2, -0.15) is 0 Å². The third-order valence-corrected chi connectivity index (χ3v) is 3.58. The van der Waals surface area contributed by atoms with Gasteiger partial charge in [0.1, 0.15) is 5.75 Å². The quantitative estimate of drug-likeness (QED) is 0.710. The van der Waals surface area contributed by atoms with Gasteiger partial charge in [-0.1, -0.05) is 13.0 Å². The summed E-state index contributed by atoms with van der Waals surface area (Å²) in [5.74, 6) is 0.381. The predicted molar refractivity (Wildman–Crippen MR) is 91.2 cm³/mol. The van der Waals surface area contributed by atoms with Gasteiger partial charge < -0.3 is 25.4 Å². The number of amides is 3. The van der Waals surface area contributed by atoms with Crippen LogP contribution in [0.4, 0.5) is 10.5 Å². The number of hydrogen-bond acceptors (Lipinski definition) is 4. The molecule has 1 heterocycles. The summed E-state index contributed by atoms with van der Waals surface area (Å²) in [7, 11) is 0. The number of nitrogens with one attached hydrogen (secondary N) is 3. The van der Waals surface area contributed by atoms with E-state index in [-0.39, 0.29) is 24.6 Å². The molecular weight excluding hydrogens is 310 g/mol. The lowest BCUT2D eigenvalue weighted by atomic mass is 10.1. The van der Waals surface area contributed by atoms with Crippen molar-refractivity contribution in [1.82, 2.24) is 10.6 Å². The molecular formula is C17H25N3O4. The Labute approximate surface area is 142 Å². The van der Waals surface area contributed by atoms with E-state index in [1.807, 2.05) is 6.92 Å². The zero-order valence-electron chi connectivity index (χ0n) is 14.0. The summed E-state index contributed by atoms with van der Waals surface area (Å²) in [5, 5.41) is 8.39. The summed E-state index contributed by atoms with van der Waals surface area (Å²) in [6.07, 6.45) is 2.54. The van der Waals surface area contributed by atoms with E-state index in [2.05, 4.69) is 16.0 Å². The second-order valence-corrected chi connectivity index (χ2v) is 5.65. The minimum atomic E-state index is -0.258. The Balaban J connectivity index is 1.76. The number of anilines is 1. The summed E-state index contributed by atoms with van der Waals surface area (Å²) < 4.78 is 10.8. The summed E-state index contributed by atoms with van der Waals surface area (Å²) in [6, 6.07) is 6.86. The second kappa shape index (κ2) is 9.77. The number of hydrogen-bond donors (Lipinski definition) is 3.